The molecule has 0 radical (unpaired) electrons. The molecule has 0 amide bonds. The minimum absolute atomic E-state index is 0.377. The van der Waals surface area contributed by atoms with E-state index in [-0.39, 0.29) is 0 Å². The lowest BCUT2D eigenvalue weighted by molar-refractivity contribution is 0.743. The van der Waals surface area contributed by atoms with E-state index in [1.807, 2.05) is 12.1 Å². The van der Waals surface area contributed by atoms with Crippen LogP contribution in [0.25, 0.3) is 10.9 Å². The zero-order valence-electron chi connectivity index (χ0n) is 10.4. The van der Waals surface area contributed by atoms with Crippen LogP contribution in [0.3, 0.4) is 0 Å². The zero-order valence-corrected chi connectivity index (χ0v) is 10.4. The summed E-state index contributed by atoms with van der Waals surface area (Å²) < 4.78 is 0. The van der Waals surface area contributed by atoms with Crippen molar-refractivity contribution >= 4 is 10.9 Å². The van der Waals surface area contributed by atoms with Crippen molar-refractivity contribution in [2.45, 2.75) is 39.5 Å². The van der Waals surface area contributed by atoms with Gasteiger partial charge < -0.3 is 0 Å². The maximum Gasteiger partial charge on any atom is 0.131 e. The van der Waals surface area contributed by atoms with Gasteiger partial charge in [-0.1, -0.05) is 45.9 Å². The Morgan fingerprint density at radius 1 is 0.875 bits per heavy atom. The lowest BCUT2D eigenvalue weighted by atomic mass is 10.0. The Hall–Kier alpha value is -1.44. The highest BCUT2D eigenvalue weighted by atomic mass is 14.9. The molecule has 0 saturated heterocycles. The number of hydrogen-bond acceptors (Lipinski definition) is 2. The highest BCUT2D eigenvalue weighted by Gasteiger charge is 2.11. The number of para-hydroxylation sites is 1. The second-order valence-corrected chi connectivity index (χ2v) is 4.79. The maximum absolute atomic E-state index is 4.69. The van der Waals surface area contributed by atoms with Crippen LogP contribution < -0.4 is 0 Å². The number of fused-ring (bicyclic) bond motifs is 1. The third kappa shape index (κ3) is 1.92. The maximum atomic E-state index is 4.69. The molecular formula is C14H18N2. The fourth-order valence-corrected chi connectivity index (χ4v) is 1.82. The molecular weight excluding hydrogens is 196 g/mol. The fraction of sp³-hybridized carbons (Fsp3) is 0.429. The third-order valence-corrected chi connectivity index (χ3v) is 2.71. The summed E-state index contributed by atoms with van der Waals surface area (Å²) in [5.41, 5.74) is 2.22. The predicted molar refractivity (Wildman–Crippen MR) is 67.7 cm³/mol. The van der Waals surface area contributed by atoms with Crippen LogP contribution in [0.2, 0.25) is 0 Å². The predicted octanol–water partition coefficient (Wildman–Crippen LogP) is 3.88. The van der Waals surface area contributed by atoms with Crippen LogP contribution in [-0.4, -0.2) is 9.97 Å². The normalized spacial score (nSPS) is 11.6. The molecule has 84 valence electrons. The van der Waals surface area contributed by atoms with Crippen molar-refractivity contribution in [3.8, 4) is 0 Å². The standard InChI is InChI=1S/C14H18N2/c1-9(2)13-11-7-5-6-8-12(11)15-14(16-13)10(3)4/h5-10H,1-4H3. The van der Waals surface area contributed by atoms with Gasteiger partial charge in [-0.15, -0.1) is 0 Å². The molecule has 0 N–H and O–H groups in total. The van der Waals surface area contributed by atoms with Gasteiger partial charge in [-0.05, 0) is 12.0 Å². The SMILES string of the molecule is CC(C)c1nc(C(C)C)c2ccccc2n1. The van der Waals surface area contributed by atoms with Gasteiger partial charge in [0.15, 0.2) is 0 Å². The molecule has 2 rings (SSSR count). The summed E-state index contributed by atoms with van der Waals surface area (Å²) in [6.07, 6.45) is 0. The van der Waals surface area contributed by atoms with E-state index in [0.29, 0.717) is 11.8 Å². The Bertz CT molecular complexity index is 501. The summed E-state index contributed by atoms with van der Waals surface area (Å²) >= 11 is 0. The molecule has 0 aliphatic carbocycles. The zero-order chi connectivity index (χ0) is 11.7. The molecule has 0 unspecified atom stereocenters. The van der Waals surface area contributed by atoms with Crippen LogP contribution in [0.5, 0.6) is 0 Å². The van der Waals surface area contributed by atoms with Gasteiger partial charge in [-0.25, -0.2) is 9.97 Å². The van der Waals surface area contributed by atoms with Gasteiger partial charge in [0.25, 0.3) is 0 Å². The Labute approximate surface area is 96.7 Å². The van der Waals surface area contributed by atoms with Gasteiger partial charge in [-0.2, -0.15) is 0 Å². The van der Waals surface area contributed by atoms with Crippen molar-refractivity contribution < 1.29 is 0 Å². The smallest absolute Gasteiger partial charge is 0.131 e. The molecule has 0 aliphatic heterocycles. The highest BCUT2D eigenvalue weighted by Crippen LogP contribution is 2.24. The molecule has 2 nitrogen and oxygen atoms in total. The van der Waals surface area contributed by atoms with Gasteiger partial charge in [0.1, 0.15) is 5.82 Å². The minimum Gasteiger partial charge on any atom is -0.237 e. The summed E-state index contributed by atoms with van der Waals surface area (Å²) in [7, 11) is 0. The highest BCUT2D eigenvalue weighted by molar-refractivity contribution is 5.81. The number of rotatable bonds is 2. The topological polar surface area (TPSA) is 25.8 Å². The Kier molecular flexibility index (Phi) is 2.90. The molecule has 0 spiro atoms. The van der Waals surface area contributed by atoms with Gasteiger partial charge in [0.2, 0.25) is 0 Å². The molecule has 2 aromatic rings. The molecule has 0 saturated carbocycles. The number of aromatic nitrogens is 2. The number of benzene rings is 1. The van der Waals surface area contributed by atoms with Crippen LogP contribution in [0.15, 0.2) is 24.3 Å². The lowest BCUT2D eigenvalue weighted by Crippen LogP contribution is -2.04. The van der Waals surface area contributed by atoms with E-state index >= 15 is 0 Å². The summed E-state index contributed by atoms with van der Waals surface area (Å²) in [5, 5.41) is 1.18. The van der Waals surface area contributed by atoms with Crippen LogP contribution in [-0.2, 0) is 0 Å². The lowest BCUT2D eigenvalue weighted by Gasteiger charge is -2.12. The first-order valence-electron chi connectivity index (χ1n) is 5.86. The van der Waals surface area contributed by atoms with E-state index in [1.165, 1.54) is 5.39 Å². The monoisotopic (exact) mass is 214 g/mol. The van der Waals surface area contributed by atoms with Crippen LogP contribution in [0.4, 0.5) is 0 Å². The quantitative estimate of drug-likeness (QED) is 0.758. The number of hydrogen-bond donors (Lipinski definition) is 0. The summed E-state index contributed by atoms with van der Waals surface area (Å²) in [6.45, 7) is 8.63. The molecule has 1 aromatic heterocycles. The van der Waals surface area contributed by atoms with Crippen molar-refractivity contribution in [3.63, 3.8) is 0 Å². The molecule has 0 atom stereocenters. The molecule has 0 bridgehead atoms. The molecule has 2 heteroatoms. The second-order valence-electron chi connectivity index (χ2n) is 4.79. The largest absolute Gasteiger partial charge is 0.237 e. The van der Waals surface area contributed by atoms with E-state index < -0.39 is 0 Å². The first kappa shape index (κ1) is 11.1. The molecule has 16 heavy (non-hydrogen) atoms. The summed E-state index contributed by atoms with van der Waals surface area (Å²) in [6, 6.07) is 8.25. The summed E-state index contributed by atoms with van der Waals surface area (Å²) in [5.74, 6) is 1.76. The second kappa shape index (κ2) is 4.20. The molecule has 0 fully saturated rings. The van der Waals surface area contributed by atoms with Crippen molar-refractivity contribution in [2.24, 2.45) is 0 Å². The molecule has 0 aliphatic rings. The van der Waals surface area contributed by atoms with Crippen LogP contribution in [0, 0.1) is 0 Å². The van der Waals surface area contributed by atoms with Gasteiger partial charge in [0.05, 0.1) is 11.2 Å². The Morgan fingerprint density at radius 3 is 2.19 bits per heavy atom. The van der Waals surface area contributed by atoms with Crippen LogP contribution >= 0.6 is 0 Å². The van der Waals surface area contributed by atoms with E-state index in [0.717, 1.165) is 17.0 Å². The van der Waals surface area contributed by atoms with E-state index in [1.54, 1.807) is 0 Å². The first-order valence-corrected chi connectivity index (χ1v) is 5.86. The van der Waals surface area contributed by atoms with Gasteiger partial charge in [0, 0.05) is 11.3 Å². The summed E-state index contributed by atoms with van der Waals surface area (Å²) in [4.78, 5) is 9.30. The van der Waals surface area contributed by atoms with E-state index in [2.05, 4.69) is 49.8 Å². The van der Waals surface area contributed by atoms with Gasteiger partial charge >= 0.3 is 0 Å². The first-order chi connectivity index (χ1) is 7.59. The van der Waals surface area contributed by atoms with Crippen molar-refractivity contribution in [3.05, 3.63) is 35.8 Å². The Morgan fingerprint density at radius 2 is 1.56 bits per heavy atom. The van der Waals surface area contributed by atoms with Gasteiger partial charge in [-0.3, -0.25) is 0 Å². The van der Waals surface area contributed by atoms with E-state index in [9.17, 15) is 0 Å². The van der Waals surface area contributed by atoms with Crippen LogP contribution in [0.1, 0.15) is 51.0 Å². The third-order valence-electron chi connectivity index (χ3n) is 2.71. The average Bonchev–Trinajstić information content (AvgIpc) is 2.27. The van der Waals surface area contributed by atoms with E-state index in [4.69, 9.17) is 0 Å². The van der Waals surface area contributed by atoms with Crippen molar-refractivity contribution in [2.75, 3.05) is 0 Å². The Balaban J connectivity index is 2.74. The van der Waals surface area contributed by atoms with Crippen molar-refractivity contribution in [1.82, 2.24) is 9.97 Å². The minimum atomic E-state index is 0.377. The fourth-order valence-electron chi connectivity index (χ4n) is 1.82. The molecule has 1 heterocycles. The van der Waals surface area contributed by atoms with Crippen molar-refractivity contribution in [1.29, 1.82) is 0 Å². The molecule has 1 aromatic carbocycles. The number of nitrogens with zero attached hydrogens (tertiary/aromatic N) is 2. The average molecular weight is 214 g/mol.